The van der Waals surface area contributed by atoms with Crippen LogP contribution in [0.25, 0.3) is 26.4 Å². The van der Waals surface area contributed by atoms with Crippen LogP contribution in [0.5, 0.6) is 5.75 Å². The van der Waals surface area contributed by atoms with Gasteiger partial charge in [0, 0.05) is 31.1 Å². The number of imidazole rings is 1. The monoisotopic (exact) mass is 381 g/mol. The fraction of sp³-hybridized carbons (Fsp3) is 0.286. The molecule has 27 heavy (non-hydrogen) atoms. The zero-order valence-electron chi connectivity index (χ0n) is 15.6. The third-order valence-electron chi connectivity index (χ3n) is 4.38. The lowest BCUT2D eigenvalue weighted by atomic mass is 10.1. The van der Waals surface area contributed by atoms with Crippen LogP contribution < -0.4 is 10.1 Å². The first-order valence-electron chi connectivity index (χ1n) is 9.19. The number of fused-ring (bicyclic) bond motifs is 3. The van der Waals surface area contributed by atoms with Gasteiger partial charge >= 0.3 is 0 Å². The van der Waals surface area contributed by atoms with Crippen molar-refractivity contribution in [3.8, 4) is 17.0 Å². The molecule has 0 unspecified atom stereocenters. The number of thiazole rings is 1. The predicted octanol–water partition coefficient (Wildman–Crippen LogP) is 5.06. The quantitative estimate of drug-likeness (QED) is 0.433. The highest BCUT2D eigenvalue weighted by Gasteiger charge is 2.11. The lowest BCUT2D eigenvalue weighted by Crippen LogP contribution is -2.06. The SMILES string of the molecule is CCCOCCOc1ccc2c(c1)sc1nc(-c3ccc(NC)cc3)cn12. The maximum Gasteiger partial charge on any atom is 0.195 e. The number of hydrogen-bond donors (Lipinski definition) is 1. The van der Waals surface area contributed by atoms with Gasteiger partial charge in [0.05, 0.1) is 22.5 Å². The molecule has 0 aliphatic rings. The van der Waals surface area contributed by atoms with Crippen molar-refractivity contribution in [3.05, 3.63) is 48.7 Å². The Balaban J connectivity index is 1.54. The molecule has 2 heterocycles. The topological polar surface area (TPSA) is 47.8 Å². The van der Waals surface area contributed by atoms with Gasteiger partial charge in [-0.25, -0.2) is 4.98 Å². The number of anilines is 1. The van der Waals surface area contributed by atoms with Gasteiger partial charge in [-0.15, -0.1) is 0 Å². The van der Waals surface area contributed by atoms with Gasteiger partial charge in [-0.05, 0) is 36.8 Å². The molecule has 140 valence electrons. The average molecular weight is 382 g/mol. The summed E-state index contributed by atoms with van der Waals surface area (Å²) in [5.74, 6) is 0.870. The summed E-state index contributed by atoms with van der Waals surface area (Å²) in [4.78, 5) is 5.79. The lowest BCUT2D eigenvalue weighted by molar-refractivity contribution is 0.101. The molecule has 4 rings (SSSR count). The van der Waals surface area contributed by atoms with Gasteiger partial charge in [0.2, 0.25) is 0 Å². The van der Waals surface area contributed by atoms with Crippen LogP contribution in [-0.2, 0) is 4.74 Å². The van der Waals surface area contributed by atoms with Gasteiger partial charge in [0.15, 0.2) is 4.96 Å². The van der Waals surface area contributed by atoms with Gasteiger partial charge in [-0.1, -0.05) is 30.4 Å². The van der Waals surface area contributed by atoms with Gasteiger partial charge in [0.1, 0.15) is 12.4 Å². The summed E-state index contributed by atoms with van der Waals surface area (Å²) < 4.78 is 14.6. The van der Waals surface area contributed by atoms with E-state index in [1.807, 2.05) is 13.1 Å². The number of hydrogen-bond acceptors (Lipinski definition) is 5. The first-order valence-corrected chi connectivity index (χ1v) is 10.0. The van der Waals surface area contributed by atoms with Crippen LogP contribution in [0.3, 0.4) is 0 Å². The molecule has 0 spiro atoms. The van der Waals surface area contributed by atoms with E-state index in [4.69, 9.17) is 14.5 Å². The summed E-state index contributed by atoms with van der Waals surface area (Å²) >= 11 is 1.67. The summed E-state index contributed by atoms with van der Waals surface area (Å²) in [6.07, 6.45) is 3.13. The van der Waals surface area contributed by atoms with Crippen LogP contribution in [-0.4, -0.2) is 36.3 Å². The number of nitrogens with one attached hydrogen (secondary N) is 1. The lowest BCUT2D eigenvalue weighted by Gasteiger charge is -2.06. The minimum Gasteiger partial charge on any atom is -0.491 e. The Morgan fingerprint density at radius 2 is 1.93 bits per heavy atom. The zero-order chi connectivity index (χ0) is 18.6. The van der Waals surface area contributed by atoms with Crippen molar-refractivity contribution in [2.75, 3.05) is 32.2 Å². The standard InChI is InChI=1S/C21H23N3O2S/c1-3-10-25-11-12-26-17-8-9-19-20(13-17)27-21-23-18(14-24(19)21)15-4-6-16(22-2)7-5-15/h4-9,13-14,22H,3,10-12H2,1-2H3. The average Bonchev–Trinajstić information content (AvgIpc) is 3.25. The minimum atomic E-state index is 0.570. The normalized spacial score (nSPS) is 11.3. The molecular weight excluding hydrogens is 358 g/mol. The van der Waals surface area contributed by atoms with Crippen molar-refractivity contribution in [1.29, 1.82) is 0 Å². The Bertz CT molecular complexity index is 1040. The first-order chi connectivity index (χ1) is 13.3. The van der Waals surface area contributed by atoms with Crippen LogP contribution in [0.15, 0.2) is 48.7 Å². The molecule has 0 atom stereocenters. The minimum absolute atomic E-state index is 0.570. The molecule has 0 saturated carbocycles. The number of benzene rings is 2. The molecule has 2 aromatic heterocycles. The van der Waals surface area contributed by atoms with E-state index in [0.29, 0.717) is 13.2 Å². The Morgan fingerprint density at radius 1 is 1.07 bits per heavy atom. The Morgan fingerprint density at radius 3 is 2.70 bits per heavy atom. The molecule has 0 amide bonds. The number of rotatable bonds is 8. The van der Waals surface area contributed by atoms with E-state index in [0.717, 1.165) is 46.2 Å². The molecule has 0 saturated heterocycles. The highest BCUT2D eigenvalue weighted by Crippen LogP contribution is 2.32. The second-order valence-electron chi connectivity index (χ2n) is 6.30. The maximum absolute atomic E-state index is 5.79. The van der Waals surface area contributed by atoms with E-state index in [1.165, 1.54) is 4.70 Å². The summed E-state index contributed by atoms with van der Waals surface area (Å²) in [7, 11) is 1.92. The molecule has 0 aliphatic heterocycles. The molecule has 0 fully saturated rings. The molecule has 0 radical (unpaired) electrons. The van der Waals surface area contributed by atoms with Crippen molar-refractivity contribution >= 4 is 32.2 Å². The molecule has 2 aromatic carbocycles. The van der Waals surface area contributed by atoms with Crippen LogP contribution in [0, 0.1) is 0 Å². The van der Waals surface area contributed by atoms with E-state index in [2.05, 4.69) is 59.2 Å². The smallest absolute Gasteiger partial charge is 0.195 e. The fourth-order valence-electron chi connectivity index (χ4n) is 2.98. The van der Waals surface area contributed by atoms with Gasteiger partial charge < -0.3 is 14.8 Å². The summed E-state index contributed by atoms with van der Waals surface area (Å²) in [5, 5.41) is 3.14. The Labute approximate surface area is 162 Å². The Kier molecular flexibility index (Phi) is 5.27. The van der Waals surface area contributed by atoms with Gasteiger partial charge in [-0.3, -0.25) is 4.40 Å². The van der Waals surface area contributed by atoms with Crippen LogP contribution in [0.2, 0.25) is 0 Å². The van der Waals surface area contributed by atoms with E-state index in [9.17, 15) is 0 Å². The summed E-state index contributed by atoms with van der Waals surface area (Å²) in [6.45, 7) is 4.07. The van der Waals surface area contributed by atoms with E-state index < -0.39 is 0 Å². The first kappa shape index (κ1) is 17.8. The van der Waals surface area contributed by atoms with E-state index in [-0.39, 0.29) is 0 Å². The van der Waals surface area contributed by atoms with Crippen molar-refractivity contribution < 1.29 is 9.47 Å². The van der Waals surface area contributed by atoms with Crippen LogP contribution in [0.1, 0.15) is 13.3 Å². The van der Waals surface area contributed by atoms with Crippen LogP contribution in [0.4, 0.5) is 5.69 Å². The van der Waals surface area contributed by atoms with E-state index in [1.54, 1.807) is 11.3 Å². The van der Waals surface area contributed by atoms with E-state index >= 15 is 0 Å². The molecule has 0 bridgehead atoms. The second-order valence-corrected chi connectivity index (χ2v) is 7.31. The summed E-state index contributed by atoms with van der Waals surface area (Å²) in [6, 6.07) is 14.5. The second kappa shape index (κ2) is 7.98. The van der Waals surface area contributed by atoms with Gasteiger partial charge in [0.25, 0.3) is 0 Å². The fourth-order valence-corrected chi connectivity index (χ4v) is 4.02. The van der Waals surface area contributed by atoms with Crippen molar-refractivity contribution in [3.63, 3.8) is 0 Å². The number of nitrogens with zero attached hydrogens (tertiary/aromatic N) is 2. The highest BCUT2D eigenvalue weighted by atomic mass is 32.1. The third-order valence-corrected chi connectivity index (χ3v) is 5.40. The molecule has 4 aromatic rings. The largest absolute Gasteiger partial charge is 0.491 e. The Hall–Kier alpha value is -2.57. The highest BCUT2D eigenvalue weighted by molar-refractivity contribution is 7.23. The predicted molar refractivity (Wildman–Crippen MR) is 112 cm³/mol. The van der Waals surface area contributed by atoms with Crippen molar-refractivity contribution in [2.45, 2.75) is 13.3 Å². The molecular formula is C21H23N3O2S. The zero-order valence-corrected chi connectivity index (χ0v) is 16.4. The van der Waals surface area contributed by atoms with Crippen LogP contribution >= 0.6 is 11.3 Å². The molecule has 0 aliphatic carbocycles. The summed E-state index contributed by atoms with van der Waals surface area (Å²) in [5.41, 5.74) is 4.34. The molecule has 5 nitrogen and oxygen atoms in total. The third kappa shape index (κ3) is 3.77. The number of aromatic nitrogens is 2. The molecule has 6 heteroatoms. The van der Waals surface area contributed by atoms with Crippen molar-refractivity contribution in [1.82, 2.24) is 9.38 Å². The van der Waals surface area contributed by atoms with Gasteiger partial charge in [-0.2, -0.15) is 0 Å². The molecule has 1 N–H and O–H groups in total. The number of ether oxygens (including phenoxy) is 2. The van der Waals surface area contributed by atoms with Crippen molar-refractivity contribution in [2.24, 2.45) is 0 Å². The maximum atomic E-state index is 5.79.